The van der Waals surface area contributed by atoms with Crippen LogP contribution in [0.3, 0.4) is 0 Å². The third kappa shape index (κ3) is 2.53. The molecule has 1 atom stereocenters. The SMILES string of the molecule is C=C(CC)C(C)C(C)(C)O. The molecular weight excluding hydrogens is 124 g/mol. The van der Waals surface area contributed by atoms with Crippen LogP contribution in [0.25, 0.3) is 0 Å². The first kappa shape index (κ1) is 9.70. The summed E-state index contributed by atoms with van der Waals surface area (Å²) in [5.74, 6) is 0.192. The van der Waals surface area contributed by atoms with Crippen LogP contribution in [0.4, 0.5) is 0 Å². The van der Waals surface area contributed by atoms with E-state index in [4.69, 9.17) is 0 Å². The molecule has 60 valence electrons. The summed E-state index contributed by atoms with van der Waals surface area (Å²) in [6, 6.07) is 0. The predicted octanol–water partition coefficient (Wildman–Crippen LogP) is 2.36. The second-order valence-electron chi connectivity index (χ2n) is 3.39. The fourth-order valence-corrected chi connectivity index (χ4v) is 0.806. The Bertz CT molecular complexity index is 119. The molecule has 0 saturated heterocycles. The Labute approximate surface area is 63.8 Å². The zero-order valence-corrected chi connectivity index (χ0v) is 7.44. The molecule has 1 heteroatoms. The van der Waals surface area contributed by atoms with Crippen LogP contribution in [-0.4, -0.2) is 10.7 Å². The van der Waals surface area contributed by atoms with Gasteiger partial charge in [-0.25, -0.2) is 0 Å². The summed E-state index contributed by atoms with van der Waals surface area (Å²) in [7, 11) is 0. The van der Waals surface area contributed by atoms with Crippen LogP contribution in [-0.2, 0) is 0 Å². The normalized spacial score (nSPS) is 14.9. The molecule has 0 aliphatic rings. The first-order valence-electron chi connectivity index (χ1n) is 3.79. The average Bonchev–Trinajstić information content (AvgIpc) is 1.83. The second-order valence-corrected chi connectivity index (χ2v) is 3.39. The van der Waals surface area contributed by atoms with E-state index in [1.165, 1.54) is 0 Å². The van der Waals surface area contributed by atoms with Gasteiger partial charge in [0.05, 0.1) is 5.60 Å². The third-order valence-corrected chi connectivity index (χ3v) is 2.13. The summed E-state index contributed by atoms with van der Waals surface area (Å²) in [6.45, 7) is 11.6. The molecular formula is C9H18O. The van der Waals surface area contributed by atoms with E-state index in [1.807, 2.05) is 20.8 Å². The molecule has 1 nitrogen and oxygen atoms in total. The van der Waals surface area contributed by atoms with E-state index in [9.17, 15) is 5.11 Å². The summed E-state index contributed by atoms with van der Waals surface area (Å²) < 4.78 is 0. The van der Waals surface area contributed by atoms with Gasteiger partial charge in [0.15, 0.2) is 0 Å². The van der Waals surface area contributed by atoms with Crippen molar-refractivity contribution < 1.29 is 5.11 Å². The molecule has 0 bridgehead atoms. The number of aliphatic hydroxyl groups is 1. The van der Waals surface area contributed by atoms with Gasteiger partial charge in [-0.15, -0.1) is 0 Å². The van der Waals surface area contributed by atoms with Gasteiger partial charge < -0.3 is 5.11 Å². The van der Waals surface area contributed by atoms with E-state index >= 15 is 0 Å². The van der Waals surface area contributed by atoms with Crippen molar-refractivity contribution >= 4 is 0 Å². The highest BCUT2D eigenvalue weighted by Gasteiger charge is 2.23. The lowest BCUT2D eigenvalue weighted by Crippen LogP contribution is -2.29. The molecule has 0 aliphatic carbocycles. The van der Waals surface area contributed by atoms with Crippen molar-refractivity contribution in [2.24, 2.45) is 5.92 Å². The van der Waals surface area contributed by atoms with Crippen LogP contribution in [0.2, 0.25) is 0 Å². The Morgan fingerprint density at radius 1 is 1.60 bits per heavy atom. The molecule has 0 rings (SSSR count). The smallest absolute Gasteiger partial charge is 0.0653 e. The van der Waals surface area contributed by atoms with Crippen LogP contribution >= 0.6 is 0 Å². The van der Waals surface area contributed by atoms with Crippen LogP contribution in [0, 0.1) is 5.92 Å². The van der Waals surface area contributed by atoms with Gasteiger partial charge in [0, 0.05) is 5.92 Å². The molecule has 0 amide bonds. The fraction of sp³-hybridized carbons (Fsp3) is 0.778. The van der Waals surface area contributed by atoms with Gasteiger partial charge in [0.25, 0.3) is 0 Å². The maximum absolute atomic E-state index is 9.53. The van der Waals surface area contributed by atoms with Crippen LogP contribution in [0.1, 0.15) is 34.1 Å². The maximum atomic E-state index is 9.53. The van der Waals surface area contributed by atoms with Crippen molar-refractivity contribution in [1.82, 2.24) is 0 Å². The second kappa shape index (κ2) is 3.20. The maximum Gasteiger partial charge on any atom is 0.0653 e. The Morgan fingerprint density at radius 3 is 2.10 bits per heavy atom. The topological polar surface area (TPSA) is 20.2 Å². The molecule has 0 aromatic rings. The molecule has 0 saturated carbocycles. The minimum atomic E-state index is -0.618. The van der Waals surface area contributed by atoms with Crippen LogP contribution in [0.5, 0.6) is 0 Å². The van der Waals surface area contributed by atoms with E-state index in [-0.39, 0.29) is 5.92 Å². The highest BCUT2D eigenvalue weighted by atomic mass is 16.3. The molecule has 0 aromatic carbocycles. The fourth-order valence-electron chi connectivity index (χ4n) is 0.806. The zero-order chi connectivity index (χ0) is 8.36. The van der Waals surface area contributed by atoms with Gasteiger partial charge in [0.2, 0.25) is 0 Å². The lowest BCUT2D eigenvalue weighted by Gasteiger charge is -2.27. The summed E-state index contributed by atoms with van der Waals surface area (Å²) in [4.78, 5) is 0. The van der Waals surface area contributed by atoms with Gasteiger partial charge in [-0.3, -0.25) is 0 Å². The number of rotatable bonds is 3. The zero-order valence-electron chi connectivity index (χ0n) is 7.44. The molecule has 0 heterocycles. The first-order valence-corrected chi connectivity index (χ1v) is 3.79. The van der Waals surface area contributed by atoms with Crippen molar-refractivity contribution in [3.8, 4) is 0 Å². The number of hydrogen-bond donors (Lipinski definition) is 1. The molecule has 0 radical (unpaired) electrons. The van der Waals surface area contributed by atoms with Crippen LogP contribution < -0.4 is 0 Å². The van der Waals surface area contributed by atoms with Crippen molar-refractivity contribution in [3.05, 3.63) is 12.2 Å². The lowest BCUT2D eigenvalue weighted by molar-refractivity contribution is 0.0388. The van der Waals surface area contributed by atoms with E-state index in [0.717, 1.165) is 12.0 Å². The van der Waals surface area contributed by atoms with Crippen molar-refractivity contribution in [2.45, 2.75) is 39.7 Å². The number of hydrogen-bond acceptors (Lipinski definition) is 1. The highest BCUT2D eigenvalue weighted by Crippen LogP contribution is 2.24. The largest absolute Gasteiger partial charge is 0.390 e. The Balaban J connectivity index is 4.08. The highest BCUT2D eigenvalue weighted by molar-refractivity contribution is 5.03. The lowest BCUT2D eigenvalue weighted by atomic mass is 9.86. The predicted molar refractivity (Wildman–Crippen MR) is 44.9 cm³/mol. The molecule has 0 aromatic heterocycles. The van der Waals surface area contributed by atoms with Gasteiger partial charge in [-0.1, -0.05) is 26.0 Å². The summed E-state index contributed by atoms with van der Waals surface area (Å²) in [5, 5.41) is 9.53. The quantitative estimate of drug-likeness (QED) is 0.600. The van der Waals surface area contributed by atoms with E-state index in [2.05, 4.69) is 13.5 Å². The van der Waals surface area contributed by atoms with E-state index in [1.54, 1.807) is 0 Å². The molecule has 10 heavy (non-hydrogen) atoms. The molecule has 0 aliphatic heterocycles. The molecule has 1 unspecified atom stereocenters. The van der Waals surface area contributed by atoms with Gasteiger partial charge in [-0.2, -0.15) is 0 Å². The van der Waals surface area contributed by atoms with Crippen molar-refractivity contribution in [2.75, 3.05) is 0 Å². The summed E-state index contributed by atoms with van der Waals surface area (Å²) in [5.41, 5.74) is 0.500. The van der Waals surface area contributed by atoms with Crippen molar-refractivity contribution in [1.29, 1.82) is 0 Å². The summed E-state index contributed by atoms with van der Waals surface area (Å²) >= 11 is 0. The Morgan fingerprint density at radius 2 is 2.00 bits per heavy atom. The standard InChI is InChI=1S/C9H18O/c1-6-7(2)8(3)9(4,5)10/h8,10H,2,6H2,1,3-5H3. The van der Waals surface area contributed by atoms with Crippen molar-refractivity contribution in [3.63, 3.8) is 0 Å². The Kier molecular flexibility index (Phi) is 3.10. The van der Waals surface area contributed by atoms with Gasteiger partial charge in [0.1, 0.15) is 0 Å². The minimum Gasteiger partial charge on any atom is -0.390 e. The average molecular weight is 142 g/mol. The monoisotopic (exact) mass is 142 g/mol. The van der Waals surface area contributed by atoms with E-state index in [0.29, 0.717) is 0 Å². The minimum absolute atomic E-state index is 0.192. The molecule has 0 spiro atoms. The summed E-state index contributed by atoms with van der Waals surface area (Å²) in [6.07, 6.45) is 0.950. The molecule has 1 N–H and O–H groups in total. The van der Waals surface area contributed by atoms with E-state index < -0.39 is 5.60 Å². The Hall–Kier alpha value is -0.300. The third-order valence-electron chi connectivity index (χ3n) is 2.13. The van der Waals surface area contributed by atoms with Gasteiger partial charge in [-0.05, 0) is 20.3 Å². The van der Waals surface area contributed by atoms with Gasteiger partial charge >= 0.3 is 0 Å². The first-order chi connectivity index (χ1) is 4.39. The van der Waals surface area contributed by atoms with Crippen LogP contribution in [0.15, 0.2) is 12.2 Å². The molecule has 0 fully saturated rings.